The first kappa shape index (κ1) is 4.98. The molecule has 0 saturated heterocycles. The van der Waals surface area contributed by atoms with Crippen molar-refractivity contribution >= 4 is 6.21 Å². The van der Waals surface area contributed by atoms with E-state index in [-0.39, 0.29) is 0 Å². The Morgan fingerprint density at radius 2 is 2.56 bits per heavy atom. The van der Waals surface area contributed by atoms with Crippen molar-refractivity contribution in [3.63, 3.8) is 0 Å². The van der Waals surface area contributed by atoms with Crippen molar-refractivity contribution in [2.45, 2.75) is 18.9 Å². The number of fused-ring (bicyclic) bond motifs is 1. The lowest BCUT2D eigenvalue weighted by atomic mass is 10.0. The van der Waals surface area contributed by atoms with Crippen LogP contribution in [-0.4, -0.2) is 12.3 Å². The highest BCUT2D eigenvalue weighted by atomic mass is 14.8. The molecule has 1 heterocycles. The Hall–Kier alpha value is -0.850. The van der Waals surface area contributed by atoms with Gasteiger partial charge in [0.15, 0.2) is 0 Å². The van der Waals surface area contributed by atoms with Crippen LogP contribution in [0.15, 0.2) is 28.8 Å². The molecular weight excluding hydrogens is 110 g/mol. The van der Waals surface area contributed by atoms with Gasteiger partial charge in [0.1, 0.15) is 0 Å². The highest BCUT2D eigenvalue weighted by molar-refractivity contribution is 5.67. The molecule has 9 heavy (non-hydrogen) atoms. The first-order chi connectivity index (χ1) is 4.47. The Morgan fingerprint density at radius 3 is 3.44 bits per heavy atom. The third-order valence-electron chi connectivity index (χ3n) is 1.85. The van der Waals surface area contributed by atoms with Crippen molar-refractivity contribution in [1.82, 2.24) is 0 Å². The van der Waals surface area contributed by atoms with E-state index in [0.717, 1.165) is 12.8 Å². The van der Waals surface area contributed by atoms with E-state index in [9.17, 15) is 0 Å². The van der Waals surface area contributed by atoms with Gasteiger partial charge >= 0.3 is 0 Å². The lowest BCUT2D eigenvalue weighted by Gasteiger charge is -2.09. The van der Waals surface area contributed by atoms with Crippen LogP contribution in [0.2, 0.25) is 0 Å². The molecule has 0 bridgehead atoms. The minimum atomic E-state index is 0.509. The van der Waals surface area contributed by atoms with Crippen LogP contribution < -0.4 is 0 Å². The zero-order valence-corrected chi connectivity index (χ0v) is 5.25. The van der Waals surface area contributed by atoms with Crippen LogP contribution in [0.5, 0.6) is 0 Å². The van der Waals surface area contributed by atoms with Crippen molar-refractivity contribution in [2.24, 2.45) is 4.99 Å². The van der Waals surface area contributed by atoms with E-state index < -0.39 is 0 Å². The Bertz CT molecular complexity index is 199. The predicted octanol–water partition coefficient (Wildman–Crippen LogP) is 1.72. The average Bonchev–Trinajstić information content (AvgIpc) is 2.33. The third kappa shape index (κ3) is 0.727. The zero-order valence-electron chi connectivity index (χ0n) is 5.25. The first-order valence-corrected chi connectivity index (χ1v) is 3.34. The van der Waals surface area contributed by atoms with Gasteiger partial charge in [-0.25, -0.2) is 0 Å². The topological polar surface area (TPSA) is 12.4 Å². The van der Waals surface area contributed by atoms with Gasteiger partial charge in [0.2, 0.25) is 0 Å². The summed E-state index contributed by atoms with van der Waals surface area (Å²) in [5.41, 5.74) is 1.48. The van der Waals surface area contributed by atoms with E-state index in [2.05, 4.69) is 23.2 Å². The van der Waals surface area contributed by atoms with E-state index in [1.54, 1.807) is 0 Å². The second kappa shape index (κ2) is 1.83. The fraction of sp³-hybridized carbons (Fsp3) is 0.375. The van der Waals surface area contributed by atoms with Crippen molar-refractivity contribution in [2.75, 3.05) is 0 Å². The average molecular weight is 119 g/mol. The van der Waals surface area contributed by atoms with Crippen LogP contribution in [0, 0.1) is 0 Å². The summed E-state index contributed by atoms with van der Waals surface area (Å²) in [6.07, 6.45) is 10.7. The molecule has 1 aliphatic carbocycles. The molecule has 0 N–H and O–H groups in total. The molecule has 1 atom stereocenters. The molecule has 2 rings (SSSR count). The Labute approximate surface area is 54.8 Å². The van der Waals surface area contributed by atoms with Gasteiger partial charge in [-0.15, -0.1) is 0 Å². The van der Waals surface area contributed by atoms with E-state index >= 15 is 0 Å². The molecule has 1 nitrogen and oxygen atoms in total. The fourth-order valence-electron chi connectivity index (χ4n) is 1.31. The molecule has 1 unspecified atom stereocenters. The molecule has 0 aromatic heterocycles. The number of hydrogen-bond acceptors (Lipinski definition) is 1. The quantitative estimate of drug-likeness (QED) is 0.460. The van der Waals surface area contributed by atoms with Gasteiger partial charge in [0, 0.05) is 12.6 Å². The Balaban J connectivity index is 2.29. The zero-order chi connectivity index (χ0) is 6.10. The number of nitrogens with zero attached hydrogens (tertiary/aromatic N) is 1. The maximum Gasteiger partial charge on any atom is 0.0746 e. The maximum absolute atomic E-state index is 4.31. The fourth-order valence-corrected chi connectivity index (χ4v) is 1.31. The van der Waals surface area contributed by atoms with Gasteiger partial charge in [-0.05, 0) is 12.0 Å². The van der Waals surface area contributed by atoms with Crippen LogP contribution in [0.4, 0.5) is 0 Å². The number of rotatable bonds is 0. The van der Waals surface area contributed by atoms with Crippen molar-refractivity contribution in [3.05, 3.63) is 23.8 Å². The maximum atomic E-state index is 4.31. The summed E-state index contributed by atoms with van der Waals surface area (Å²) in [5.74, 6) is 0. The van der Waals surface area contributed by atoms with Gasteiger partial charge in [-0.2, -0.15) is 0 Å². The third-order valence-corrected chi connectivity index (χ3v) is 1.85. The van der Waals surface area contributed by atoms with Crippen molar-refractivity contribution in [1.29, 1.82) is 0 Å². The summed E-state index contributed by atoms with van der Waals surface area (Å²) < 4.78 is 0. The molecular formula is C8H9N. The van der Waals surface area contributed by atoms with Gasteiger partial charge in [-0.1, -0.05) is 18.2 Å². The molecule has 0 aromatic carbocycles. The SMILES string of the molecule is C1=CCC2N=CCC2=C1. The van der Waals surface area contributed by atoms with E-state index in [0.29, 0.717) is 6.04 Å². The van der Waals surface area contributed by atoms with Crippen LogP contribution in [0.3, 0.4) is 0 Å². The Kier molecular flexibility index (Phi) is 1.01. The van der Waals surface area contributed by atoms with Gasteiger partial charge < -0.3 is 0 Å². The van der Waals surface area contributed by atoms with E-state index in [1.807, 2.05) is 6.21 Å². The van der Waals surface area contributed by atoms with E-state index in [1.165, 1.54) is 5.57 Å². The van der Waals surface area contributed by atoms with Gasteiger partial charge in [-0.3, -0.25) is 4.99 Å². The standard InChI is InChI=1S/C8H9N/c1-2-4-8-7(3-1)5-6-9-8/h1-3,6,8H,4-5H2. The normalized spacial score (nSPS) is 30.2. The second-order valence-electron chi connectivity index (χ2n) is 2.46. The summed E-state index contributed by atoms with van der Waals surface area (Å²) in [7, 11) is 0. The monoisotopic (exact) mass is 119 g/mol. The highest BCUT2D eigenvalue weighted by Crippen LogP contribution is 2.22. The predicted molar refractivity (Wildman–Crippen MR) is 38.7 cm³/mol. The molecule has 1 heteroatoms. The summed E-state index contributed by atoms with van der Waals surface area (Å²) in [6.45, 7) is 0. The smallest absolute Gasteiger partial charge is 0.0746 e. The minimum absolute atomic E-state index is 0.509. The number of hydrogen-bond donors (Lipinski definition) is 0. The Morgan fingerprint density at radius 1 is 1.56 bits per heavy atom. The van der Waals surface area contributed by atoms with Crippen LogP contribution in [0.1, 0.15) is 12.8 Å². The summed E-state index contributed by atoms with van der Waals surface area (Å²) >= 11 is 0. The lowest BCUT2D eigenvalue weighted by Crippen LogP contribution is -2.03. The van der Waals surface area contributed by atoms with Crippen molar-refractivity contribution < 1.29 is 0 Å². The van der Waals surface area contributed by atoms with Crippen LogP contribution >= 0.6 is 0 Å². The van der Waals surface area contributed by atoms with Gasteiger partial charge in [0.25, 0.3) is 0 Å². The number of allylic oxidation sites excluding steroid dienone is 2. The number of aliphatic imine (C=N–C) groups is 1. The molecule has 0 saturated carbocycles. The second-order valence-corrected chi connectivity index (χ2v) is 2.46. The molecule has 2 aliphatic rings. The summed E-state index contributed by atoms with van der Waals surface area (Å²) in [4.78, 5) is 4.31. The molecule has 0 aromatic rings. The highest BCUT2D eigenvalue weighted by Gasteiger charge is 2.15. The summed E-state index contributed by atoms with van der Waals surface area (Å²) in [6, 6.07) is 0.509. The molecule has 0 amide bonds. The molecule has 0 radical (unpaired) electrons. The molecule has 0 spiro atoms. The largest absolute Gasteiger partial charge is 0.289 e. The van der Waals surface area contributed by atoms with Crippen LogP contribution in [-0.2, 0) is 0 Å². The molecule has 0 fully saturated rings. The van der Waals surface area contributed by atoms with E-state index in [4.69, 9.17) is 0 Å². The molecule has 1 aliphatic heterocycles. The first-order valence-electron chi connectivity index (χ1n) is 3.34. The van der Waals surface area contributed by atoms with Gasteiger partial charge in [0.05, 0.1) is 6.04 Å². The minimum Gasteiger partial charge on any atom is -0.289 e. The lowest BCUT2D eigenvalue weighted by molar-refractivity contribution is 0.799. The van der Waals surface area contributed by atoms with Crippen LogP contribution in [0.25, 0.3) is 0 Å². The molecule has 46 valence electrons. The van der Waals surface area contributed by atoms with Crippen molar-refractivity contribution in [3.8, 4) is 0 Å². The summed E-state index contributed by atoms with van der Waals surface area (Å²) in [5, 5.41) is 0.